The molecule has 3 rings (SSSR count). The number of ketones is 2. The predicted octanol–water partition coefficient (Wildman–Crippen LogP) is 4.38. The fraction of sp³-hybridized carbons (Fsp3) is 0.158. The Bertz CT molecular complexity index is 796. The SMILES string of the molecule is CC1=C(C)C(=O)c2cc(-c3ccccc3)c(C)cc2C1=O. The predicted molar refractivity (Wildman–Crippen MR) is 83.7 cm³/mol. The highest BCUT2D eigenvalue weighted by atomic mass is 16.1. The lowest BCUT2D eigenvalue weighted by molar-refractivity contribution is 0.0975. The zero-order valence-electron chi connectivity index (χ0n) is 12.4. The molecule has 0 amide bonds. The minimum absolute atomic E-state index is 0.0372. The van der Waals surface area contributed by atoms with Crippen molar-refractivity contribution in [1.82, 2.24) is 0 Å². The number of aryl methyl sites for hydroxylation is 1. The largest absolute Gasteiger partial charge is 0.289 e. The van der Waals surface area contributed by atoms with Gasteiger partial charge in [-0.3, -0.25) is 9.59 Å². The maximum Gasteiger partial charge on any atom is 0.189 e. The molecule has 0 atom stereocenters. The van der Waals surface area contributed by atoms with Crippen LogP contribution in [0, 0.1) is 6.92 Å². The molecule has 2 nitrogen and oxygen atoms in total. The maximum atomic E-state index is 12.5. The van der Waals surface area contributed by atoms with Crippen molar-refractivity contribution >= 4 is 11.6 Å². The summed E-state index contributed by atoms with van der Waals surface area (Å²) >= 11 is 0. The number of benzene rings is 2. The number of hydrogen-bond donors (Lipinski definition) is 0. The third-order valence-corrected chi connectivity index (χ3v) is 4.18. The van der Waals surface area contributed by atoms with Crippen LogP contribution in [0.15, 0.2) is 53.6 Å². The summed E-state index contributed by atoms with van der Waals surface area (Å²) in [6.45, 7) is 5.42. The molecule has 0 fully saturated rings. The lowest BCUT2D eigenvalue weighted by atomic mass is 9.82. The summed E-state index contributed by atoms with van der Waals surface area (Å²) in [7, 11) is 0. The number of hydrogen-bond acceptors (Lipinski definition) is 2. The molecule has 0 aliphatic heterocycles. The van der Waals surface area contributed by atoms with E-state index in [4.69, 9.17) is 0 Å². The van der Waals surface area contributed by atoms with Crippen LogP contribution in [0.3, 0.4) is 0 Å². The van der Waals surface area contributed by atoms with Gasteiger partial charge in [-0.25, -0.2) is 0 Å². The van der Waals surface area contributed by atoms with Crippen LogP contribution in [-0.4, -0.2) is 11.6 Å². The molecule has 1 aliphatic rings. The molecule has 0 unspecified atom stereocenters. The molecule has 0 heterocycles. The maximum absolute atomic E-state index is 12.5. The molecule has 0 bridgehead atoms. The van der Waals surface area contributed by atoms with Crippen molar-refractivity contribution in [2.45, 2.75) is 20.8 Å². The quantitative estimate of drug-likeness (QED) is 0.774. The van der Waals surface area contributed by atoms with Gasteiger partial charge in [0.2, 0.25) is 0 Å². The van der Waals surface area contributed by atoms with Crippen LogP contribution in [0.25, 0.3) is 11.1 Å². The summed E-state index contributed by atoms with van der Waals surface area (Å²) in [5, 5.41) is 0. The van der Waals surface area contributed by atoms with Crippen molar-refractivity contribution in [3.8, 4) is 11.1 Å². The Balaban J connectivity index is 2.25. The zero-order chi connectivity index (χ0) is 15.1. The second kappa shape index (κ2) is 4.81. The Labute approximate surface area is 124 Å². The molecule has 0 saturated heterocycles. The van der Waals surface area contributed by atoms with Crippen LogP contribution < -0.4 is 0 Å². The lowest BCUT2D eigenvalue weighted by Crippen LogP contribution is -2.20. The summed E-state index contributed by atoms with van der Waals surface area (Å²) in [6.07, 6.45) is 0. The van der Waals surface area contributed by atoms with Crippen molar-refractivity contribution in [3.05, 3.63) is 70.3 Å². The summed E-state index contributed by atoms with van der Waals surface area (Å²) in [5.74, 6) is -0.0795. The topological polar surface area (TPSA) is 34.1 Å². The first-order valence-corrected chi connectivity index (χ1v) is 6.97. The van der Waals surface area contributed by atoms with E-state index >= 15 is 0 Å². The van der Waals surface area contributed by atoms with Gasteiger partial charge >= 0.3 is 0 Å². The number of carbonyl (C=O) groups excluding carboxylic acids is 2. The van der Waals surface area contributed by atoms with Gasteiger partial charge in [0.1, 0.15) is 0 Å². The molecule has 0 aromatic heterocycles. The third-order valence-electron chi connectivity index (χ3n) is 4.18. The van der Waals surface area contributed by atoms with Crippen molar-refractivity contribution in [2.24, 2.45) is 0 Å². The molecule has 2 heteroatoms. The van der Waals surface area contributed by atoms with Crippen LogP contribution >= 0.6 is 0 Å². The van der Waals surface area contributed by atoms with E-state index < -0.39 is 0 Å². The van der Waals surface area contributed by atoms with Gasteiger partial charge in [-0.2, -0.15) is 0 Å². The van der Waals surface area contributed by atoms with Gasteiger partial charge in [0.15, 0.2) is 11.6 Å². The highest BCUT2D eigenvalue weighted by Crippen LogP contribution is 2.32. The first-order valence-electron chi connectivity index (χ1n) is 6.97. The second-order valence-corrected chi connectivity index (χ2v) is 5.49. The van der Waals surface area contributed by atoms with Crippen molar-refractivity contribution in [2.75, 3.05) is 0 Å². The third kappa shape index (κ3) is 2.04. The molecule has 2 aromatic rings. The molecule has 0 radical (unpaired) electrons. The highest BCUT2D eigenvalue weighted by Gasteiger charge is 2.28. The van der Waals surface area contributed by atoms with E-state index in [2.05, 4.69) is 0 Å². The van der Waals surface area contributed by atoms with E-state index in [1.807, 2.05) is 49.4 Å². The minimum atomic E-state index is -0.0423. The highest BCUT2D eigenvalue weighted by molar-refractivity contribution is 6.26. The van der Waals surface area contributed by atoms with Gasteiger partial charge in [-0.1, -0.05) is 30.3 Å². The molecule has 0 spiro atoms. The fourth-order valence-corrected chi connectivity index (χ4v) is 2.76. The van der Waals surface area contributed by atoms with Gasteiger partial charge < -0.3 is 0 Å². The number of fused-ring (bicyclic) bond motifs is 1. The Hall–Kier alpha value is -2.48. The normalized spacial score (nSPS) is 14.4. The number of rotatable bonds is 1. The first-order chi connectivity index (χ1) is 10.0. The van der Waals surface area contributed by atoms with Gasteiger partial charge in [-0.05, 0) is 49.6 Å². The van der Waals surface area contributed by atoms with E-state index in [1.54, 1.807) is 13.8 Å². The molecule has 104 valence electrons. The van der Waals surface area contributed by atoms with E-state index in [0.717, 1.165) is 16.7 Å². The molecule has 21 heavy (non-hydrogen) atoms. The van der Waals surface area contributed by atoms with E-state index in [1.165, 1.54) is 0 Å². The average Bonchev–Trinajstić information content (AvgIpc) is 2.51. The van der Waals surface area contributed by atoms with Crippen LogP contribution in [0.2, 0.25) is 0 Å². The molecular formula is C19H16O2. The lowest BCUT2D eigenvalue weighted by Gasteiger charge is -2.19. The second-order valence-electron chi connectivity index (χ2n) is 5.49. The van der Waals surface area contributed by atoms with Crippen LogP contribution in [0.1, 0.15) is 40.1 Å². The molecular weight excluding hydrogens is 260 g/mol. The van der Waals surface area contributed by atoms with E-state index in [-0.39, 0.29) is 11.6 Å². The number of allylic oxidation sites excluding steroid dienone is 2. The van der Waals surface area contributed by atoms with Crippen molar-refractivity contribution in [3.63, 3.8) is 0 Å². The number of Topliss-reactive ketones (excluding diaryl/α,β-unsaturated/α-hetero) is 2. The average molecular weight is 276 g/mol. The Kier molecular flexibility index (Phi) is 3.09. The van der Waals surface area contributed by atoms with Gasteiger partial charge in [0.05, 0.1) is 0 Å². The van der Waals surface area contributed by atoms with Gasteiger partial charge in [-0.15, -0.1) is 0 Å². The Morgan fingerprint density at radius 1 is 0.667 bits per heavy atom. The summed E-state index contributed by atoms with van der Waals surface area (Å²) in [5.41, 5.74) is 5.22. The van der Waals surface area contributed by atoms with Crippen LogP contribution in [0.4, 0.5) is 0 Å². The summed E-state index contributed by atoms with van der Waals surface area (Å²) in [6, 6.07) is 13.6. The summed E-state index contributed by atoms with van der Waals surface area (Å²) < 4.78 is 0. The van der Waals surface area contributed by atoms with Crippen molar-refractivity contribution < 1.29 is 9.59 Å². The fourth-order valence-electron chi connectivity index (χ4n) is 2.76. The molecule has 2 aromatic carbocycles. The smallest absolute Gasteiger partial charge is 0.189 e. The zero-order valence-corrected chi connectivity index (χ0v) is 12.4. The molecule has 1 aliphatic carbocycles. The monoisotopic (exact) mass is 276 g/mol. The first kappa shape index (κ1) is 13.5. The van der Waals surface area contributed by atoms with Crippen LogP contribution in [-0.2, 0) is 0 Å². The van der Waals surface area contributed by atoms with Crippen LogP contribution in [0.5, 0.6) is 0 Å². The van der Waals surface area contributed by atoms with E-state index in [9.17, 15) is 9.59 Å². The standard InChI is InChI=1S/C19H16O2/c1-11-9-16-17(19(21)13(3)12(2)18(16)20)10-15(11)14-7-5-4-6-8-14/h4-10H,1-3H3. The van der Waals surface area contributed by atoms with E-state index in [0.29, 0.717) is 22.3 Å². The van der Waals surface area contributed by atoms with Gasteiger partial charge in [0.25, 0.3) is 0 Å². The number of carbonyl (C=O) groups is 2. The molecule has 0 saturated carbocycles. The summed E-state index contributed by atoms with van der Waals surface area (Å²) in [4.78, 5) is 24.8. The Morgan fingerprint density at radius 3 is 1.76 bits per heavy atom. The van der Waals surface area contributed by atoms with Crippen molar-refractivity contribution in [1.29, 1.82) is 0 Å². The van der Waals surface area contributed by atoms with Gasteiger partial charge in [0, 0.05) is 22.3 Å². The Morgan fingerprint density at radius 2 is 1.19 bits per heavy atom. The minimum Gasteiger partial charge on any atom is -0.289 e. The molecule has 0 N–H and O–H groups in total.